The van der Waals surface area contributed by atoms with E-state index in [4.69, 9.17) is 9.47 Å². The molecule has 27 heavy (non-hydrogen) atoms. The molecule has 0 N–H and O–H groups in total. The van der Waals surface area contributed by atoms with Gasteiger partial charge in [-0.15, -0.1) is 0 Å². The predicted octanol–water partition coefficient (Wildman–Crippen LogP) is 3.89. The lowest BCUT2D eigenvalue weighted by molar-refractivity contribution is -0.0512. The van der Waals surface area contributed by atoms with Crippen LogP contribution in [0, 0.1) is 0 Å². The Hall–Kier alpha value is -2.83. The van der Waals surface area contributed by atoms with Crippen LogP contribution in [0.15, 0.2) is 36.4 Å². The van der Waals surface area contributed by atoms with E-state index in [1.807, 2.05) is 25.1 Å². The van der Waals surface area contributed by atoms with Crippen LogP contribution in [0.25, 0.3) is 0 Å². The van der Waals surface area contributed by atoms with Gasteiger partial charge in [0.2, 0.25) is 0 Å². The molecule has 0 saturated heterocycles. The average Bonchev–Trinajstić information content (AvgIpc) is 2.66. The summed E-state index contributed by atoms with van der Waals surface area (Å²) in [4.78, 5) is 14.6. The second kappa shape index (κ2) is 8.24. The fraction of sp³-hybridized carbons (Fsp3) is 0.350. The van der Waals surface area contributed by atoms with E-state index in [1.54, 1.807) is 11.0 Å². The first-order chi connectivity index (χ1) is 13.0. The first kappa shape index (κ1) is 18.9. The number of amides is 1. The highest BCUT2D eigenvalue weighted by atomic mass is 19.3. The zero-order valence-electron chi connectivity index (χ0n) is 15.2. The van der Waals surface area contributed by atoms with Gasteiger partial charge in [0.1, 0.15) is 5.75 Å². The third-order valence-electron chi connectivity index (χ3n) is 4.41. The number of fused-ring (bicyclic) bond motifs is 1. The number of hydrogen-bond donors (Lipinski definition) is 0. The third kappa shape index (κ3) is 4.30. The number of benzene rings is 2. The summed E-state index contributed by atoms with van der Waals surface area (Å²) in [6.45, 7) is 0.476. The van der Waals surface area contributed by atoms with Crippen LogP contribution < -0.4 is 14.2 Å². The van der Waals surface area contributed by atoms with Crippen LogP contribution in [0.1, 0.15) is 28.4 Å². The van der Waals surface area contributed by atoms with Crippen LogP contribution >= 0.6 is 0 Å². The lowest BCUT2D eigenvalue weighted by atomic mass is 9.98. The summed E-state index contributed by atoms with van der Waals surface area (Å²) in [5, 5.41) is 0. The first-order valence-electron chi connectivity index (χ1n) is 8.68. The van der Waals surface area contributed by atoms with Crippen molar-refractivity contribution in [2.45, 2.75) is 26.5 Å². The minimum Gasteiger partial charge on any atom is -0.494 e. The van der Waals surface area contributed by atoms with Crippen molar-refractivity contribution in [2.75, 3.05) is 20.3 Å². The highest BCUT2D eigenvalue weighted by Gasteiger charge is 2.23. The van der Waals surface area contributed by atoms with Gasteiger partial charge in [-0.05, 0) is 54.8 Å². The maximum atomic E-state index is 12.9. The maximum Gasteiger partial charge on any atom is 0.387 e. The molecule has 0 saturated carbocycles. The SMILES string of the molecule is CCOc1ccc2c(c1)CN(C(=O)c1ccc(OC)c(OC(F)F)c1)CC2. The minimum absolute atomic E-state index is 0.150. The van der Waals surface area contributed by atoms with Gasteiger partial charge in [-0.3, -0.25) is 4.79 Å². The van der Waals surface area contributed by atoms with E-state index in [0.717, 1.165) is 17.7 Å². The maximum absolute atomic E-state index is 12.9. The monoisotopic (exact) mass is 377 g/mol. The molecule has 1 aliphatic rings. The van der Waals surface area contributed by atoms with E-state index in [1.165, 1.54) is 24.8 Å². The molecule has 2 aromatic rings. The van der Waals surface area contributed by atoms with E-state index < -0.39 is 6.61 Å². The van der Waals surface area contributed by atoms with Crippen LogP contribution in [0.5, 0.6) is 17.2 Å². The molecule has 0 spiro atoms. The second-order valence-corrected chi connectivity index (χ2v) is 6.08. The van der Waals surface area contributed by atoms with E-state index >= 15 is 0 Å². The highest BCUT2D eigenvalue weighted by Crippen LogP contribution is 2.31. The van der Waals surface area contributed by atoms with Crippen molar-refractivity contribution in [1.82, 2.24) is 4.90 Å². The van der Waals surface area contributed by atoms with E-state index in [0.29, 0.717) is 19.7 Å². The number of methoxy groups -OCH3 is 1. The van der Waals surface area contributed by atoms with Crippen LogP contribution in [-0.2, 0) is 13.0 Å². The largest absolute Gasteiger partial charge is 0.494 e. The average molecular weight is 377 g/mol. The van der Waals surface area contributed by atoms with Gasteiger partial charge in [0.25, 0.3) is 5.91 Å². The number of rotatable bonds is 6. The number of carbonyl (C=O) groups is 1. The molecule has 144 valence electrons. The predicted molar refractivity (Wildman–Crippen MR) is 95.7 cm³/mol. The Balaban J connectivity index is 1.81. The minimum atomic E-state index is -3.00. The molecule has 1 heterocycles. The molecule has 1 amide bonds. The molecule has 7 heteroatoms. The molecule has 0 unspecified atom stereocenters. The number of hydrogen-bond acceptors (Lipinski definition) is 4. The molecule has 1 aliphatic heterocycles. The standard InChI is InChI=1S/C20H21F2NO4/c1-3-26-16-6-4-13-8-9-23(12-15(13)10-16)19(24)14-5-7-17(25-2)18(11-14)27-20(21)22/h4-7,10-11,20H,3,8-9,12H2,1-2H3. The van der Waals surface area contributed by atoms with Crippen LogP contribution in [0.2, 0.25) is 0 Å². The Bertz CT molecular complexity index is 826. The molecule has 5 nitrogen and oxygen atoms in total. The van der Waals surface area contributed by atoms with Gasteiger partial charge in [0.05, 0.1) is 13.7 Å². The Labute approximate surface area is 156 Å². The van der Waals surface area contributed by atoms with Crippen molar-refractivity contribution in [3.63, 3.8) is 0 Å². The van der Waals surface area contributed by atoms with Crippen molar-refractivity contribution in [1.29, 1.82) is 0 Å². The molecular weight excluding hydrogens is 356 g/mol. The van der Waals surface area contributed by atoms with E-state index in [-0.39, 0.29) is 23.0 Å². The molecular formula is C20H21F2NO4. The Morgan fingerprint density at radius 3 is 2.67 bits per heavy atom. The van der Waals surface area contributed by atoms with Crippen LogP contribution in [0.4, 0.5) is 8.78 Å². The number of nitrogens with zero attached hydrogens (tertiary/aromatic N) is 1. The lowest BCUT2D eigenvalue weighted by Gasteiger charge is -2.29. The Kier molecular flexibility index (Phi) is 5.78. The van der Waals surface area contributed by atoms with Gasteiger partial charge in [-0.1, -0.05) is 6.07 Å². The van der Waals surface area contributed by atoms with Crippen molar-refractivity contribution >= 4 is 5.91 Å². The smallest absolute Gasteiger partial charge is 0.387 e. The van der Waals surface area contributed by atoms with Crippen molar-refractivity contribution < 1.29 is 27.8 Å². The van der Waals surface area contributed by atoms with E-state index in [9.17, 15) is 13.6 Å². The lowest BCUT2D eigenvalue weighted by Crippen LogP contribution is -2.36. The fourth-order valence-electron chi connectivity index (χ4n) is 3.14. The zero-order valence-corrected chi connectivity index (χ0v) is 15.2. The summed E-state index contributed by atoms with van der Waals surface area (Å²) in [7, 11) is 1.35. The van der Waals surface area contributed by atoms with Gasteiger partial charge in [0.15, 0.2) is 11.5 Å². The normalized spacial score (nSPS) is 13.3. The topological polar surface area (TPSA) is 48.0 Å². The number of ether oxygens (including phenoxy) is 3. The van der Waals surface area contributed by atoms with Gasteiger partial charge in [0, 0.05) is 18.7 Å². The molecule has 0 bridgehead atoms. The molecule has 0 aromatic heterocycles. The molecule has 0 radical (unpaired) electrons. The molecule has 3 rings (SSSR count). The number of alkyl halides is 2. The summed E-state index contributed by atoms with van der Waals surface area (Å²) in [5.74, 6) is 0.512. The fourth-order valence-corrected chi connectivity index (χ4v) is 3.14. The third-order valence-corrected chi connectivity index (χ3v) is 4.41. The quantitative estimate of drug-likeness (QED) is 0.766. The Morgan fingerprint density at radius 2 is 1.96 bits per heavy atom. The summed E-state index contributed by atoms with van der Waals surface area (Å²) in [6, 6.07) is 10.2. The van der Waals surface area contributed by atoms with Crippen LogP contribution in [-0.4, -0.2) is 37.7 Å². The van der Waals surface area contributed by atoms with Gasteiger partial charge in [-0.25, -0.2) is 0 Å². The number of halogens is 2. The molecule has 0 aliphatic carbocycles. The summed E-state index contributed by atoms with van der Waals surface area (Å²) < 4.78 is 40.2. The van der Waals surface area contributed by atoms with E-state index in [2.05, 4.69) is 4.74 Å². The van der Waals surface area contributed by atoms with Gasteiger partial charge < -0.3 is 19.1 Å². The molecule has 0 fully saturated rings. The van der Waals surface area contributed by atoms with Crippen molar-refractivity contribution in [2.24, 2.45) is 0 Å². The summed E-state index contributed by atoms with van der Waals surface area (Å²) in [6.07, 6.45) is 0.726. The molecule has 2 aromatic carbocycles. The second-order valence-electron chi connectivity index (χ2n) is 6.08. The highest BCUT2D eigenvalue weighted by molar-refractivity contribution is 5.95. The van der Waals surface area contributed by atoms with Crippen molar-refractivity contribution in [3.05, 3.63) is 53.1 Å². The van der Waals surface area contributed by atoms with Crippen molar-refractivity contribution in [3.8, 4) is 17.2 Å². The van der Waals surface area contributed by atoms with Gasteiger partial charge >= 0.3 is 6.61 Å². The first-order valence-corrected chi connectivity index (χ1v) is 8.68. The summed E-state index contributed by atoms with van der Waals surface area (Å²) >= 11 is 0. The van der Waals surface area contributed by atoms with Crippen LogP contribution in [0.3, 0.4) is 0 Å². The molecule has 0 atom stereocenters. The van der Waals surface area contributed by atoms with Gasteiger partial charge in [-0.2, -0.15) is 8.78 Å². The summed E-state index contributed by atoms with van der Waals surface area (Å²) in [5.41, 5.74) is 2.48. The number of carbonyl (C=O) groups excluding carboxylic acids is 1. The Morgan fingerprint density at radius 1 is 1.15 bits per heavy atom. The zero-order chi connectivity index (χ0) is 19.4.